The van der Waals surface area contributed by atoms with E-state index in [0.29, 0.717) is 6.04 Å². The molecule has 1 saturated heterocycles. The van der Waals surface area contributed by atoms with E-state index in [0.717, 1.165) is 53.7 Å². The van der Waals surface area contributed by atoms with Gasteiger partial charge in [-0.3, -0.25) is 4.98 Å². The van der Waals surface area contributed by atoms with E-state index in [1.165, 1.54) is 0 Å². The first-order valence-electron chi connectivity index (χ1n) is 6.71. The molecule has 0 amide bonds. The van der Waals surface area contributed by atoms with E-state index in [2.05, 4.69) is 41.2 Å². The predicted octanol–water partition coefficient (Wildman–Crippen LogP) is 3.06. The Bertz CT molecular complexity index is 797. The minimum Gasteiger partial charge on any atom is -0.339 e. The zero-order chi connectivity index (χ0) is 14.2. The quantitative estimate of drug-likeness (QED) is 0.688. The zero-order valence-corrected chi connectivity index (χ0v) is 13.7. The van der Waals surface area contributed by atoms with Gasteiger partial charge in [-0.2, -0.15) is 0 Å². The molecule has 5 nitrogen and oxygen atoms in total. The van der Waals surface area contributed by atoms with Crippen molar-refractivity contribution in [3.8, 4) is 11.4 Å². The molecule has 2 aromatic heterocycles. The van der Waals surface area contributed by atoms with Crippen molar-refractivity contribution in [3.05, 3.63) is 40.9 Å². The molecule has 0 bridgehead atoms. The van der Waals surface area contributed by atoms with Gasteiger partial charge in [0.25, 0.3) is 0 Å². The molecule has 1 aliphatic rings. The van der Waals surface area contributed by atoms with Gasteiger partial charge < -0.3 is 10.3 Å². The lowest BCUT2D eigenvalue weighted by Crippen LogP contribution is -2.15. The summed E-state index contributed by atoms with van der Waals surface area (Å²) in [6, 6.07) is 6.25. The lowest BCUT2D eigenvalue weighted by molar-refractivity contribution is 0.641. The second-order valence-corrected chi connectivity index (χ2v) is 7.14. The van der Waals surface area contributed by atoms with Crippen molar-refractivity contribution in [2.24, 2.45) is 0 Å². The van der Waals surface area contributed by atoms with Gasteiger partial charge in [0, 0.05) is 10.8 Å². The molecule has 0 radical (unpaired) electrons. The molecule has 2 N–H and O–H groups in total. The summed E-state index contributed by atoms with van der Waals surface area (Å²) in [4.78, 5) is 17.0. The van der Waals surface area contributed by atoms with Gasteiger partial charge in [-0.1, -0.05) is 15.9 Å². The fourth-order valence-electron chi connectivity index (χ4n) is 2.43. The van der Waals surface area contributed by atoms with Gasteiger partial charge in [-0.15, -0.1) is 8.58 Å². The number of rotatable bonds is 2. The van der Waals surface area contributed by atoms with Crippen molar-refractivity contribution >= 4 is 35.5 Å². The van der Waals surface area contributed by atoms with Gasteiger partial charge in [0.2, 0.25) is 0 Å². The first-order valence-corrected chi connectivity index (χ1v) is 8.92. The first-order chi connectivity index (χ1) is 10.3. The van der Waals surface area contributed by atoms with Crippen molar-refractivity contribution in [2.75, 3.05) is 12.4 Å². The van der Waals surface area contributed by atoms with Crippen LogP contribution in [0.4, 0.5) is 0 Å². The number of aromatic amines is 1. The third kappa shape index (κ3) is 2.59. The Morgan fingerprint density at radius 2 is 2.14 bits per heavy atom. The maximum absolute atomic E-state index is 4.65. The Balaban J connectivity index is 1.71. The Morgan fingerprint density at radius 3 is 3.00 bits per heavy atom. The second kappa shape index (κ2) is 5.44. The van der Waals surface area contributed by atoms with E-state index in [1.54, 1.807) is 6.20 Å². The van der Waals surface area contributed by atoms with Crippen LogP contribution in [0.25, 0.3) is 22.4 Å². The van der Waals surface area contributed by atoms with E-state index in [-0.39, 0.29) is 0 Å². The topological polar surface area (TPSA) is 66.5 Å². The first kappa shape index (κ1) is 13.3. The maximum atomic E-state index is 4.65. The summed E-state index contributed by atoms with van der Waals surface area (Å²) in [6.07, 6.45) is 5.87. The minimum absolute atomic E-state index is 0.349. The predicted molar refractivity (Wildman–Crippen MR) is 88.7 cm³/mol. The molecule has 7 heteroatoms. The standard InChI is InChI=1S/C14H13BrN5P/c15-8-1-2-9-10(3-8)16-4-11(19-9)12-5-17-14(20-12)13-6-21-7-18-13/h1-5,13,18,21H,6-7H2,(H,17,20)/t13-/m0/s1. The molecule has 1 aliphatic heterocycles. The molecule has 1 aromatic carbocycles. The highest BCUT2D eigenvalue weighted by Gasteiger charge is 2.19. The molecule has 2 atom stereocenters. The van der Waals surface area contributed by atoms with Crippen LogP contribution in [0, 0.1) is 0 Å². The van der Waals surface area contributed by atoms with Crippen LogP contribution in [-0.4, -0.2) is 32.4 Å². The SMILES string of the molecule is Brc1ccc2nc(-c3cnc([C@@H]4CPCN4)[nH]3)cnc2c1. The number of hydrogen-bond donors (Lipinski definition) is 2. The van der Waals surface area contributed by atoms with Crippen molar-refractivity contribution in [1.82, 2.24) is 25.3 Å². The summed E-state index contributed by atoms with van der Waals surface area (Å²) in [5.41, 5.74) is 3.50. The molecule has 0 aliphatic carbocycles. The highest BCUT2D eigenvalue weighted by atomic mass is 79.9. The van der Waals surface area contributed by atoms with Crippen LogP contribution in [0.5, 0.6) is 0 Å². The lowest BCUT2D eigenvalue weighted by atomic mass is 10.2. The maximum Gasteiger partial charge on any atom is 0.124 e. The van der Waals surface area contributed by atoms with Crippen LogP contribution in [0.1, 0.15) is 11.9 Å². The largest absolute Gasteiger partial charge is 0.339 e. The van der Waals surface area contributed by atoms with Crippen molar-refractivity contribution in [2.45, 2.75) is 6.04 Å². The Labute approximate surface area is 131 Å². The lowest BCUT2D eigenvalue weighted by Gasteiger charge is -2.05. The molecule has 3 heterocycles. The van der Waals surface area contributed by atoms with Crippen LogP contribution in [0.3, 0.4) is 0 Å². The molecule has 21 heavy (non-hydrogen) atoms. The summed E-state index contributed by atoms with van der Waals surface area (Å²) >= 11 is 3.45. The Hall–Kier alpha value is -1.36. The summed E-state index contributed by atoms with van der Waals surface area (Å²) in [5.74, 6) is 0.993. The van der Waals surface area contributed by atoms with Crippen molar-refractivity contribution in [3.63, 3.8) is 0 Å². The Morgan fingerprint density at radius 1 is 1.19 bits per heavy atom. The number of nitrogens with one attached hydrogen (secondary N) is 2. The molecule has 1 unspecified atom stereocenters. The van der Waals surface area contributed by atoms with Gasteiger partial charge in [0.1, 0.15) is 11.5 Å². The van der Waals surface area contributed by atoms with Gasteiger partial charge in [0.15, 0.2) is 0 Å². The third-order valence-corrected chi connectivity index (χ3v) is 5.17. The molecule has 1 fully saturated rings. The molecular formula is C14H13BrN5P. The van der Waals surface area contributed by atoms with E-state index in [1.807, 2.05) is 24.4 Å². The average molecular weight is 362 g/mol. The molecule has 0 saturated carbocycles. The number of nitrogens with zero attached hydrogens (tertiary/aromatic N) is 3. The fourth-order valence-corrected chi connectivity index (χ4v) is 3.95. The summed E-state index contributed by atoms with van der Waals surface area (Å²) < 4.78 is 1.01. The molecule has 106 valence electrons. The van der Waals surface area contributed by atoms with Crippen molar-refractivity contribution in [1.29, 1.82) is 0 Å². The monoisotopic (exact) mass is 361 g/mol. The average Bonchev–Trinajstić information content (AvgIpc) is 3.17. The van der Waals surface area contributed by atoms with Crippen LogP contribution in [0.15, 0.2) is 35.1 Å². The van der Waals surface area contributed by atoms with Crippen LogP contribution in [0.2, 0.25) is 0 Å². The number of H-pyrrole nitrogens is 1. The summed E-state index contributed by atoms with van der Waals surface area (Å²) in [6.45, 7) is 0. The van der Waals surface area contributed by atoms with Gasteiger partial charge in [0.05, 0.1) is 35.2 Å². The van der Waals surface area contributed by atoms with Crippen LogP contribution in [-0.2, 0) is 0 Å². The molecule has 4 rings (SSSR count). The van der Waals surface area contributed by atoms with Crippen LogP contribution >= 0.6 is 24.5 Å². The number of imidazole rings is 1. The molecule has 3 aromatic rings. The molecular weight excluding hydrogens is 349 g/mol. The van der Waals surface area contributed by atoms with E-state index >= 15 is 0 Å². The van der Waals surface area contributed by atoms with Gasteiger partial charge in [-0.05, 0) is 24.4 Å². The smallest absolute Gasteiger partial charge is 0.124 e. The van der Waals surface area contributed by atoms with E-state index in [4.69, 9.17) is 0 Å². The number of halogens is 1. The third-order valence-electron chi connectivity index (χ3n) is 3.53. The van der Waals surface area contributed by atoms with Gasteiger partial charge in [-0.25, -0.2) is 9.97 Å². The molecule has 0 spiro atoms. The highest BCUT2D eigenvalue weighted by Crippen LogP contribution is 2.28. The number of hydrogen-bond acceptors (Lipinski definition) is 4. The highest BCUT2D eigenvalue weighted by molar-refractivity contribution is 9.10. The fraction of sp³-hybridized carbons (Fsp3) is 0.214. The minimum atomic E-state index is 0.349. The zero-order valence-electron chi connectivity index (χ0n) is 11.1. The van der Waals surface area contributed by atoms with Gasteiger partial charge >= 0.3 is 0 Å². The number of aromatic nitrogens is 4. The summed E-state index contributed by atoms with van der Waals surface area (Å²) in [7, 11) is 0.972. The Kier molecular flexibility index (Phi) is 3.45. The summed E-state index contributed by atoms with van der Waals surface area (Å²) in [5, 5.41) is 3.45. The number of benzene rings is 1. The van der Waals surface area contributed by atoms with E-state index in [9.17, 15) is 0 Å². The second-order valence-electron chi connectivity index (χ2n) is 4.96. The van der Waals surface area contributed by atoms with E-state index < -0.39 is 0 Å². The number of fused-ring (bicyclic) bond motifs is 1. The normalized spacial score (nSPS) is 19.6. The van der Waals surface area contributed by atoms with Crippen molar-refractivity contribution < 1.29 is 0 Å². The van der Waals surface area contributed by atoms with Crippen LogP contribution < -0.4 is 5.32 Å².